The number of amides is 3. The molecule has 3 amide bonds. The summed E-state index contributed by atoms with van der Waals surface area (Å²) >= 11 is 6.34. The average molecular weight is 534 g/mol. The van der Waals surface area contributed by atoms with Crippen LogP contribution in [0.1, 0.15) is 58.2 Å². The average Bonchev–Trinajstić information content (AvgIpc) is 2.82. The van der Waals surface area contributed by atoms with E-state index < -0.39 is 48.2 Å². The maximum absolute atomic E-state index is 13.8. The molecule has 3 unspecified atom stereocenters. The normalized spacial score (nSPS) is 13.7. The van der Waals surface area contributed by atoms with Gasteiger partial charge in [-0.15, -0.1) is 0 Å². The zero-order valence-corrected chi connectivity index (χ0v) is 22.8. The molecular formula is C27H36ClN3O6. The van der Waals surface area contributed by atoms with Crippen molar-refractivity contribution in [2.45, 2.75) is 71.7 Å². The van der Waals surface area contributed by atoms with Crippen molar-refractivity contribution in [2.24, 2.45) is 0 Å². The lowest BCUT2D eigenvalue weighted by molar-refractivity contribution is -0.144. The number of phenols is 1. The van der Waals surface area contributed by atoms with Crippen LogP contribution in [0.5, 0.6) is 5.75 Å². The third-order valence-electron chi connectivity index (χ3n) is 5.70. The molecule has 4 N–H and O–H groups in total. The fraction of sp³-hybridized carbons (Fsp3) is 0.444. The molecule has 2 aromatic rings. The van der Waals surface area contributed by atoms with Gasteiger partial charge in [-0.05, 0) is 70.4 Å². The second-order valence-corrected chi connectivity index (χ2v) is 10.2. The Morgan fingerprint density at radius 2 is 1.73 bits per heavy atom. The first kappa shape index (κ1) is 29.9. The van der Waals surface area contributed by atoms with Crippen molar-refractivity contribution in [3.8, 4) is 5.75 Å². The molecule has 0 spiro atoms. The second kappa shape index (κ2) is 12.8. The van der Waals surface area contributed by atoms with E-state index in [1.54, 1.807) is 52.8 Å². The highest BCUT2D eigenvalue weighted by Crippen LogP contribution is 2.31. The zero-order valence-electron chi connectivity index (χ0n) is 22.0. The molecule has 10 heteroatoms. The van der Waals surface area contributed by atoms with Gasteiger partial charge < -0.3 is 30.5 Å². The smallest absolute Gasteiger partial charge is 0.408 e. The minimum absolute atomic E-state index is 0.00824. The van der Waals surface area contributed by atoms with E-state index in [2.05, 4.69) is 10.6 Å². The van der Waals surface area contributed by atoms with Crippen LogP contribution < -0.4 is 10.6 Å². The number of halogens is 1. The predicted octanol–water partition coefficient (Wildman–Crippen LogP) is 4.55. The first-order valence-corrected chi connectivity index (χ1v) is 12.4. The van der Waals surface area contributed by atoms with Gasteiger partial charge in [0.25, 0.3) is 5.91 Å². The molecule has 0 aliphatic carbocycles. The Balaban J connectivity index is 2.54. The van der Waals surface area contributed by atoms with E-state index in [1.165, 1.54) is 29.2 Å². The highest BCUT2D eigenvalue weighted by molar-refractivity contribution is 6.34. The number of carbonyl (C=O) groups excluding carboxylic acids is 3. The SMILES string of the molecule is CCC(C)N(C(=O)C(CO)NC(=O)OC(C)(C)C)C(C(=O)Nc1c(C)cccc1Cl)c1ccc(O)cc1. The fourth-order valence-electron chi connectivity index (χ4n) is 3.69. The van der Waals surface area contributed by atoms with Gasteiger partial charge in [-0.3, -0.25) is 9.59 Å². The van der Waals surface area contributed by atoms with Gasteiger partial charge in [0.1, 0.15) is 23.4 Å². The van der Waals surface area contributed by atoms with Gasteiger partial charge in [-0.25, -0.2) is 4.79 Å². The molecule has 9 nitrogen and oxygen atoms in total. The summed E-state index contributed by atoms with van der Waals surface area (Å²) in [5.41, 5.74) is 0.736. The van der Waals surface area contributed by atoms with Crippen LogP contribution in [0, 0.1) is 6.92 Å². The van der Waals surface area contributed by atoms with E-state index in [1.807, 2.05) is 6.92 Å². The zero-order chi connectivity index (χ0) is 27.9. The minimum Gasteiger partial charge on any atom is -0.508 e. The molecule has 3 atom stereocenters. The maximum Gasteiger partial charge on any atom is 0.408 e. The van der Waals surface area contributed by atoms with E-state index in [4.69, 9.17) is 16.3 Å². The molecule has 0 aliphatic rings. The number of anilines is 1. The summed E-state index contributed by atoms with van der Waals surface area (Å²) in [6, 6.07) is 8.09. The topological polar surface area (TPSA) is 128 Å². The highest BCUT2D eigenvalue weighted by Gasteiger charge is 2.38. The number of aromatic hydroxyl groups is 1. The number of benzene rings is 2. The van der Waals surface area contributed by atoms with Crippen molar-refractivity contribution in [3.05, 3.63) is 58.6 Å². The number of aliphatic hydroxyl groups is 1. The molecule has 0 radical (unpaired) electrons. The Labute approximate surface area is 222 Å². The molecule has 0 aliphatic heterocycles. The van der Waals surface area contributed by atoms with Crippen LogP contribution in [0.3, 0.4) is 0 Å². The predicted molar refractivity (Wildman–Crippen MR) is 143 cm³/mol. The lowest BCUT2D eigenvalue weighted by Gasteiger charge is -2.38. The van der Waals surface area contributed by atoms with Crippen LogP contribution in [-0.4, -0.2) is 57.3 Å². The Hall–Kier alpha value is -3.30. The van der Waals surface area contributed by atoms with Crippen LogP contribution in [0.25, 0.3) is 0 Å². The van der Waals surface area contributed by atoms with Gasteiger partial charge in [0, 0.05) is 6.04 Å². The Morgan fingerprint density at radius 1 is 1.11 bits per heavy atom. The van der Waals surface area contributed by atoms with E-state index in [0.717, 1.165) is 5.56 Å². The summed E-state index contributed by atoms with van der Waals surface area (Å²) in [5, 5.41) is 25.4. The Morgan fingerprint density at radius 3 is 2.24 bits per heavy atom. The number of carbonyl (C=O) groups is 3. The Kier molecular flexibility index (Phi) is 10.3. The van der Waals surface area contributed by atoms with Crippen LogP contribution in [-0.2, 0) is 14.3 Å². The monoisotopic (exact) mass is 533 g/mol. The van der Waals surface area contributed by atoms with Crippen molar-refractivity contribution in [2.75, 3.05) is 11.9 Å². The molecule has 0 saturated carbocycles. The third kappa shape index (κ3) is 8.10. The standard InChI is InChI=1S/C27H36ClN3O6/c1-7-17(3)31(25(35)21(15-32)29-26(36)37-27(4,5)6)23(18-11-13-19(33)14-12-18)24(34)30-22-16(2)9-8-10-20(22)28/h8-14,17,21,23,32-33H,7,15H2,1-6H3,(H,29,36)(H,30,34). The first-order chi connectivity index (χ1) is 17.3. The number of phenolic OH excluding ortho intramolecular Hbond substituents is 1. The first-order valence-electron chi connectivity index (χ1n) is 12.1. The molecule has 2 aromatic carbocycles. The number of aliphatic hydroxyl groups excluding tert-OH is 1. The quantitative estimate of drug-likeness (QED) is 0.374. The molecule has 0 aromatic heterocycles. The lowest BCUT2D eigenvalue weighted by Crippen LogP contribution is -2.56. The summed E-state index contributed by atoms with van der Waals surface area (Å²) in [4.78, 5) is 41.3. The van der Waals surface area contributed by atoms with E-state index in [9.17, 15) is 24.6 Å². The molecule has 0 saturated heterocycles. The summed E-state index contributed by atoms with van der Waals surface area (Å²) < 4.78 is 5.24. The molecule has 0 fully saturated rings. The summed E-state index contributed by atoms with van der Waals surface area (Å²) in [7, 11) is 0. The largest absolute Gasteiger partial charge is 0.508 e. The van der Waals surface area contributed by atoms with Gasteiger partial charge in [0.2, 0.25) is 5.91 Å². The maximum atomic E-state index is 13.8. The molecule has 2 rings (SSSR count). The van der Waals surface area contributed by atoms with Crippen molar-refractivity contribution in [1.82, 2.24) is 10.2 Å². The number of nitrogens with zero attached hydrogens (tertiary/aromatic N) is 1. The van der Waals surface area contributed by atoms with Crippen LogP contribution in [0.15, 0.2) is 42.5 Å². The second-order valence-electron chi connectivity index (χ2n) is 9.80. The van der Waals surface area contributed by atoms with E-state index >= 15 is 0 Å². The molecule has 202 valence electrons. The lowest BCUT2D eigenvalue weighted by atomic mass is 9.99. The third-order valence-corrected chi connectivity index (χ3v) is 6.01. The highest BCUT2D eigenvalue weighted by atomic mass is 35.5. The van der Waals surface area contributed by atoms with Crippen molar-refractivity contribution >= 4 is 35.2 Å². The number of alkyl carbamates (subject to hydrolysis) is 1. The summed E-state index contributed by atoms with van der Waals surface area (Å²) in [6.45, 7) is 9.73. The number of nitrogens with one attached hydrogen (secondary N) is 2. The number of ether oxygens (including phenoxy) is 1. The molecule has 0 heterocycles. The number of aryl methyl sites for hydroxylation is 1. The molecular weight excluding hydrogens is 498 g/mol. The van der Waals surface area contributed by atoms with Crippen molar-refractivity contribution in [1.29, 1.82) is 0 Å². The van der Waals surface area contributed by atoms with Gasteiger partial charge in [-0.2, -0.15) is 0 Å². The summed E-state index contributed by atoms with van der Waals surface area (Å²) in [5.74, 6) is -1.23. The van der Waals surface area contributed by atoms with E-state index in [0.29, 0.717) is 22.7 Å². The van der Waals surface area contributed by atoms with Crippen LogP contribution >= 0.6 is 11.6 Å². The molecule has 0 bridgehead atoms. The number of hydrogen-bond donors (Lipinski definition) is 4. The minimum atomic E-state index is -1.36. The van der Waals surface area contributed by atoms with Crippen LogP contribution in [0.2, 0.25) is 5.02 Å². The van der Waals surface area contributed by atoms with E-state index in [-0.39, 0.29) is 5.75 Å². The van der Waals surface area contributed by atoms with Gasteiger partial charge in [0.05, 0.1) is 17.3 Å². The molecule has 37 heavy (non-hydrogen) atoms. The van der Waals surface area contributed by atoms with Gasteiger partial charge in [0.15, 0.2) is 0 Å². The van der Waals surface area contributed by atoms with Crippen LogP contribution in [0.4, 0.5) is 10.5 Å². The number of hydrogen-bond acceptors (Lipinski definition) is 6. The van der Waals surface area contributed by atoms with Gasteiger partial charge in [-0.1, -0.05) is 42.8 Å². The van der Waals surface area contributed by atoms with Crippen molar-refractivity contribution in [3.63, 3.8) is 0 Å². The summed E-state index contributed by atoms with van der Waals surface area (Å²) in [6.07, 6.45) is -0.398. The number of para-hydroxylation sites is 1. The fourth-order valence-corrected chi connectivity index (χ4v) is 3.96. The van der Waals surface area contributed by atoms with Gasteiger partial charge >= 0.3 is 6.09 Å². The Bertz CT molecular complexity index is 1080. The van der Waals surface area contributed by atoms with Crippen molar-refractivity contribution < 1.29 is 29.3 Å². The number of rotatable bonds is 9.